The molecule has 1 amide bonds. The SMILES string of the molecule is NC(CCc1ccccc1)C(=O)N1CCC2CCCCC21. The summed E-state index contributed by atoms with van der Waals surface area (Å²) in [5.41, 5.74) is 7.44. The molecule has 21 heavy (non-hydrogen) atoms. The zero-order valence-electron chi connectivity index (χ0n) is 12.7. The van der Waals surface area contributed by atoms with Crippen molar-refractivity contribution in [2.24, 2.45) is 11.7 Å². The van der Waals surface area contributed by atoms with E-state index in [0.717, 1.165) is 25.3 Å². The Labute approximate surface area is 127 Å². The quantitative estimate of drug-likeness (QED) is 0.925. The second kappa shape index (κ2) is 6.61. The van der Waals surface area contributed by atoms with E-state index in [2.05, 4.69) is 17.0 Å². The Balaban J connectivity index is 1.55. The maximum absolute atomic E-state index is 12.6. The number of nitrogens with two attached hydrogens (primary N) is 1. The third-order valence-electron chi connectivity index (χ3n) is 5.20. The Morgan fingerprint density at radius 3 is 2.76 bits per heavy atom. The lowest BCUT2D eigenvalue weighted by Gasteiger charge is -2.33. The lowest BCUT2D eigenvalue weighted by molar-refractivity contribution is -0.134. The summed E-state index contributed by atoms with van der Waals surface area (Å²) < 4.78 is 0. The van der Waals surface area contributed by atoms with Crippen molar-refractivity contribution in [1.29, 1.82) is 0 Å². The van der Waals surface area contributed by atoms with Crippen molar-refractivity contribution in [1.82, 2.24) is 4.90 Å². The Morgan fingerprint density at radius 1 is 1.19 bits per heavy atom. The number of carbonyl (C=O) groups is 1. The molecule has 2 aliphatic rings. The average Bonchev–Trinajstić information content (AvgIpc) is 2.97. The van der Waals surface area contributed by atoms with E-state index in [9.17, 15) is 4.79 Å². The number of fused-ring (bicyclic) bond motifs is 1. The zero-order valence-corrected chi connectivity index (χ0v) is 12.7. The molecule has 1 heterocycles. The fourth-order valence-electron chi connectivity index (χ4n) is 3.98. The first kappa shape index (κ1) is 14.6. The molecule has 2 N–H and O–H groups in total. The van der Waals surface area contributed by atoms with Gasteiger partial charge in [0.25, 0.3) is 0 Å². The van der Waals surface area contributed by atoms with E-state index in [4.69, 9.17) is 5.73 Å². The van der Waals surface area contributed by atoms with Crippen molar-refractivity contribution < 1.29 is 4.79 Å². The summed E-state index contributed by atoms with van der Waals surface area (Å²) in [5, 5.41) is 0. The maximum Gasteiger partial charge on any atom is 0.239 e. The summed E-state index contributed by atoms with van der Waals surface area (Å²) in [7, 11) is 0. The number of benzene rings is 1. The van der Waals surface area contributed by atoms with Crippen molar-refractivity contribution in [3.63, 3.8) is 0 Å². The predicted molar refractivity (Wildman–Crippen MR) is 84.8 cm³/mol. The molecule has 114 valence electrons. The van der Waals surface area contributed by atoms with Crippen LogP contribution >= 0.6 is 0 Å². The van der Waals surface area contributed by atoms with Crippen LogP contribution in [-0.4, -0.2) is 29.4 Å². The molecule has 3 unspecified atom stereocenters. The second-order valence-electron chi connectivity index (χ2n) is 6.56. The van der Waals surface area contributed by atoms with E-state index in [1.54, 1.807) is 0 Å². The van der Waals surface area contributed by atoms with Crippen LogP contribution in [0.25, 0.3) is 0 Å². The highest BCUT2D eigenvalue weighted by molar-refractivity contribution is 5.82. The summed E-state index contributed by atoms with van der Waals surface area (Å²) in [4.78, 5) is 14.7. The van der Waals surface area contributed by atoms with Crippen LogP contribution in [0.5, 0.6) is 0 Å². The van der Waals surface area contributed by atoms with Gasteiger partial charge in [-0.05, 0) is 43.6 Å². The molecule has 3 atom stereocenters. The minimum Gasteiger partial charge on any atom is -0.338 e. The van der Waals surface area contributed by atoms with Gasteiger partial charge in [-0.2, -0.15) is 0 Å². The molecule has 0 aromatic heterocycles. The molecule has 2 fully saturated rings. The van der Waals surface area contributed by atoms with E-state index < -0.39 is 0 Å². The average molecular weight is 286 g/mol. The molecule has 3 nitrogen and oxygen atoms in total. The number of nitrogens with zero attached hydrogens (tertiary/aromatic N) is 1. The number of amides is 1. The second-order valence-corrected chi connectivity index (χ2v) is 6.56. The van der Waals surface area contributed by atoms with Crippen LogP contribution in [-0.2, 0) is 11.2 Å². The Hall–Kier alpha value is -1.35. The van der Waals surface area contributed by atoms with E-state index in [1.807, 2.05) is 18.2 Å². The molecule has 0 spiro atoms. The molecular formula is C18H26N2O. The van der Waals surface area contributed by atoms with Gasteiger partial charge < -0.3 is 10.6 Å². The molecule has 1 saturated carbocycles. The van der Waals surface area contributed by atoms with Gasteiger partial charge in [0, 0.05) is 12.6 Å². The molecule has 0 bridgehead atoms. The first-order valence-electron chi connectivity index (χ1n) is 8.35. The maximum atomic E-state index is 12.6. The molecule has 1 aliphatic heterocycles. The summed E-state index contributed by atoms with van der Waals surface area (Å²) in [6.45, 7) is 0.924. The largest absolute Gasteiger partial charge is 0.338 e. The van der Waals surface area contributed by atoms with Crippen LogP contribution in [0.15, 0.2) is 30.3 Å². The van der Waals surface area contributed by atoms with E-state index in [0.29, 0.717) is 6.04 Å². The number of likely N-dealkylation sites (tertiary alicyclic amines) is 1. The molecule has 3 heteroatoms. The summed E-state index contributed by atoms with van der Waals surface area (Å²) >= 11 is 0. The number of aryl methyl sites for hydroxylation is 1. The van der Waals surface area contributed by atoms with Crippen LogP contribution in [0.2, 0.25) is 0 Å². The molecule has 1 aromatic rings. The highest BCUT2D eigenvalue weighted by Gasteiger charge is 2.39. The minimum absolute atomic E-state index is 0.181. The van der Waals surface area contributed by atoms with Crippen molar-refractivity contribution in [3.8, 4) is 0 Å². The number of carbonyl (C=O) groups excluding carboxylic acids is 1. The van der Waals surface area contributed by atoms with Crippen molar-refractivity contribution in [2.45, 2.75) is 57.0 Å². The third-order valence-corrected chi connectivity index (χ3v) is 5.20. The molecule has 1 aromatic carbocycles. The fourth-order valence-corrected chi connectivity index (χ4v) is 3.98. The van der Waals surface area contributed by atoms with Gasteiger partial charge in [-0.1, -0.05) is 43.2 Å². The van der Waals surface area contributed by atoms with E-state index >= 15 is 0 Å². The minimum atomic E-state index is -0.342. The monoisotopic (exact) mass is 286 g/mol. The van der Waals surface area contributed by atoms with Crippen LogP contribution in [0.3, 0.4) is 0 Å². The van der Waals surface area contributed by atoms with Gasteiger partial charge >= 0.3 is 0 Å². The van der Waals surface area contributed by atoms with Crippen LogP contribution in [0.4, 0.5) is 0 Å². The van der Waals surface area contributed by atoms with Gasteiger partial charge in [-0.25, -0.2) is 0 Å². The topological polar surface area (TPSA) is 46.3 Å². The number of hydrogen-bond acceptors (Lipinski definition) is 2. The van der Waals surface area contributed by atoms with Gasteiger partial charge in [0.2, 0.25) is 5.91 Å². The lowest BCUT2D eigenvalue weighted by atomic mass is 9.85. The van der Waals surface area contributed by atoms with Gasteiger partial charge in [-0.3, -0.25) is 4.79 Å². The molecule has 1 saturated heterocycles. The first-order valence-corrected chi connectivity index (χ1v) is 8.35. The van der Waals surface area contributed by atoms with Crippen LogP contribution in [0.1, 0.15) is 44.1 Å². The fraction of sp³-hybridized carbons (Fsp3) is 0.611. The molecule has 1 aliphatic carbocycles. The van der Waals surface area contributed by atoms with Gasteiger partial charge in [0.1, 0.15) is 0 Å². The highest BCUT2D eigenvalue weighted by atomic mass is 16.2. The van der Waals surface area contributed by atoms with Crippen LogP contribution in [0, 0.1) is 5.92 Å². The number of hydrogen-bond donors (Lipinski definition) is 1. The predicted octanol–water partition coefficient (Wildman–Crippen LogP) is 2.74. The van der Waals surface area contributed by atoms with Crippen molar-refractivity contribution in [3.05, 3.63) is 35.9 Å². The zero-order chi connectivity index (χ0) is 14.7. The Kier molecular flexibility index (Phi) is 4.59. The van der Waals surface area contributed by atoms with Gasteiger partial charge in [0.15, 0.2) is 0 Å². The third kappa shape index (κ3) is 3.29. The molecule has 3 rings (SSSR count). The van der Waals surface area contributed by atoms with Gasteiger partial charge in [0.05, 0.1) is 6.04 Å². The normalized spacial score (nSPS) is 26.4. The van der Waals surface area contributed by atoms with Crippen molar-refractivity contribution in [2.75, 3.05) is 6.54 Å². The smallest absolute Gasteiger partial charge is 0.239 e. The van der Waals surface area contributed by atoms with Crippen LogP contribution < -0.4 is 5.73 Å². The number of rotatable bonds is 4. The van der Waals surface area contributed by atoms with Gasteiger partial charge in [-0.15, -0.1) is 0 Å². The van der Waals surface area contributed by atoms with E-state index in [1.165, 1.54) is 37.7 Å². The first-order chi connectivity index (χ1) is 10.3. The Morgan fingerprint density at radius 2 is 1.95 bits per heavy atom. The molecular weight excluding hydrogens is 260 g/mol. The summed E-state index contributed by atoms with van der Waals surface area (Å²) in [6, 6.07) is 10.4. The molecule has 0 radical (unpaired) electrons. The summed E-state index contributed by atoms with van der Waals surface area (Å²) in [5.74, 6) is 0.921. The van der Waals surface area contributed by atoms with Crippen molar-refractivity contribution >= 4 is 5.91 Å². The lowest BCUT2D eigenvalue weighted by Crippen LogP contribution is -2.47. The standard InChI is InChI=1S/C18H26N2O/c19-16(11-10-14-6-2-1-3-7-14)18(21)20-13-12-15-8-4-5-9-17(15)20/h1-3,6-7,15-17H,4-5,8-13,19H2. The highest BCUT2D eigenvalue weighted by Crippen LogP contribution is 2.36. The Bertz CT molecular complexity index is 473. The van der Waals surface area contributed by atoms with E-state index in [-0.39, 0.29) is 11.9 Å². The summed E-state index contributed by atoms with van der Waals surface area (Å²) in [6.07, 6.45) is 7.90.